The second-order valence-corrected chi connectivity index (χ2v) is 5.06. The molecule has 1 N–H and O–H groups in total. The fourth-order valence-corrected chi connectivity index (χ4v) is 2.25. The van der Waals surface area contributed by atoms with Crippen LogP contribution in [0.4, 0.5) is 5.69 Å². The Kier molecular flexibility index (Phi) is 5.73. The maximum absolute atomic E-state index is 11.7. The first-order chi connectivity index (χ1) is 10.7. The van der Waals surface area contributed by atoms with Crippen molar-refractivity contribution < 1.29 is 19.1 Å². The molecule has 0 fully saturated rings. The van der Waals surface area contributed by atoms with Gasteiger partial charge in [0.15, 0.2) is 6.61 Å². The average molecular weight is 317 g/mol. The Morgan fingerprint density at radius 2 is 2.18 bits per heavy atom. The zero-order valence-electron chi connectivity index (χ0n) is 11.9. The van der Waals surface area contributed by atoms with E-state index >= 15 is 0 Å². The molecule has 0 radical (unpaired) electrons. The number of carbonyl (C=O) groups excluding carboxylic acids is 2. The van der Waals surface area contributed by atoms with E-state index in [1.54, 1.807) is 37.5 Å². The summed E-state index contributed by atoms with van der Waals surface area (Å²) in [6, 6.07) is 8.80. The summed E-state index contributed by atoms with van der Waals surface area (Å²) in [6.07, 6.45) is 2.93. The molecule has 0 atom stereocenters. The Balaban J connectivity index is 1.78. The molecule has 1 heterocycles. The molecule has 0 saturated carbocycles. The lowest BCUT2D eigenvalue weighted by molar-refractivity contribution is -0.142. The van der Waals surface area contributed by atoms with Crippen molar-refractivity contribution in [1.82, 2.24) is 0 Å². The standard InChI is InChI=1S/C16H15NO4S/c1-20-14-4-2-3-13(9-14)17-15(18)10-21-16(19)6-5-12-7-8-22-11-12/h2-9,11H,10H2,1H3,(H,17,18)/b6-5+. The number of hydrogen-bond acceptors (Lipinski definition) is 5. The number of amides is 1. The molecule has 0 spiro atoms. The molecule has 5 nitrogen and oxygen atoms in total. The molecule has 1 aromatic carbocycles. The van der Waals surface area contributed by atoms with Crippen LogP contribution in [0.3, 0.4) is 0 Å². The normalized spacial score (nSPS) is 10.4. The molecule has 0 aliphatic rings. The van der Waals surface area contributed by atoms with Gasteiger partial charge < -0.3 is 14.8 Å². The van der Waals surface area contributed by atoms with Crippen LogP contribution in [0.5, 0.6) is 5.75 Å². The zero-order chi connectivity index (χ0) is 15.8. The van der Waals surface area contributed by atoms with Crippen LogP contribution in [0, 0.1) is 0 Å². The molecule has 2 rings (SSSR count). The number of thiophene rings is 1. The van der Waals surface area contributed by atoms with Crippen molar-refractivity contribution in [3.63, 3.8) is 0 Å². The first kappa shape index (κ1) is 15.8. The van der Waals surface area contributed by atoms with E-state index in [1.807, 2.05) is 16.8 Å². The predicted molar refractivity (Wildman–Crippen MR) is 85.9 cm³/mol. The molecule has 1 amide bonds. The molecule has 2 aromatic rings. The van der Waals surface area contributed by atoms with E-state index in [0.29, 0.717) is 11.4 Å². The number of benzene rings is 1. The van der Waals surface area contributed by atoms with Gasteiger partial charge in [-0.15, -0.1) is 0 Å². The van der Waals surface area contributed by atoms with Gasteiger partial charge in [0.1, 0.15) is 5.75 Å². The minimum Gasteiger partial charge on any atom is -0.497 e. The zero-order valence-corrected chi connectivity index (χ0v) is 12.8. The number of rotatable bonds is 6. The van der Waals surface area contributed by atoms with Crippen molar-refractivity contribution in [2.24, 2.45) is 0 Å². The summed E-state index contributed by atoms with van der Waals surface area (Å²) in [7, 11) is 1.54. The summed E-state index contributed by atoms with van der Waals surface area (Å²) >= 11 is 1.54. The van der Waals surface area contributed by atoms with E-state index in [4.69, 9.17) is 9.47 Å². The second-order valence-electron chi connectivity index (χ2n) is 4.28. The minimum absolute atomic E-state index is 0.343. The highest BCUT2D eigenvalue weighted by atomic mass is 32.1. The fraction of sp³-hybridized carbons (Fsp3) is 0.125. The monoisotopic (exact) mass is 317 g/mol. The molecule has 22 heavy (non-hydrogen) atoms. The lowest BCUT2D eigenvalue weighted by atomic mass is 10.3. The van der Waals surface area contributed by atoms with Crippen LogP contribution in [0.15, 0.2) is 47.2 Å². The number of esters is 1. The number of anilines is 1. The van der Waals surface area contributed by atoms with Gasteiger partial charge in [0, 0.05) is 17.8 Å². The molecule has 1 aromatic heterocycles. The van der Waals surface area contributed by atoms with E-state index in [-0.39, 0.29) is 6.61 Å². The molecule has 0 aliphatic heterocycles. The van der Waals surface area contributed by atoms with E-state index in [9.17, 15) is 9.59 Å². The highest BCUT2D eigenvalue weighted by molar-refractivity contribution is 7.08. The summed E-state index contributed by atoms with van der Waals surface area (Å²) in [5, 5.41) is 6.43. The number of hydrogen-bond donors (Lipinski definition) is 1. The smallest absolute Gasteiger partial charge is 0.331 e. The second kappa shape index (κ2) is 7.99. The van der Waals surface area contributed by atoms with E-state index in [2.05, 4.69) is 5.32 Å². The Bertz CT molecular complexity index is 665. The number of nitrogens with one attached hydrogen (secondary N) is 1. The summed E-state index contributed by atoms with van der Waals surface area (Å²) in [6.45, 7) is -0.343. The molecule has 114 valence electrons. The fourth-order valence-electron chi connectivity index (χ4n) is 1.62. The average Bonchev–Trinajstić information content (AvgIpc) is 3.04. The van der Waals surface area contributed by atoms with Gasteiger partial charge in [-0.25, -0.2) is 4.79 Å². The largest absolute Gasteiger partial charge is 0.497 e. The lowest BCUT2D eigenvalue weighted by Gasteiger charge is -2.06. The summed E-state index contributed by atoms with van der Waals surface area (Å²) in [4.78, 5) is 23.2. The third-order valence-electron chi connectivity index (χ3n) is 2.65. The van der Waals surface area contributed by atoms with Crippen LogP contribution in [-0.4, -0.2) is 25.6 Å². The van der Waals surface area contributed by atoms with E-state index < -0.39 is 11.9 Å². The summed E-state index contributed by atoms with van der Waals surface area (Å²) in [5.74, 6) is -0.342. The molecule has 0 saturated heterocycles. The molecular weight excluding hydrogens is 302 g/mol. The van der Waals surface area contributed by atoms with Gasteiger partial charge in [-0.05, 0) is 40.6 Å². The van der Waals surface area contributed by atoms with Crippen LogP contribution in [0.2, 0.25) is 0 Å². The molecule has 6 heteroatoms. The van der Waals surface area contributed by atoms with Crippen molar-refractivity contribution in [3.05, 3.63) is 52.7 Å². The SMILES string of the molecule is COc1cccc(NC(=O)COC(=O)/C=C/c2ccsc2)c1. The Hall–Kier alpha value is -2.60. The quantitative estimate of drug-likeness (QED) is 0.657. The van der Waals surface area contributed by atoms with Crippen LogP contribution in [0.1, 0.15) is 5.56 Å². The number of carbonyl (C=O) groups is 2. The Labute approximate surface area is 132 Å². The molecular formula is C16H15NO4S. The van der Waals surface area contributed by atoms with Crippen LogP contribution < -0.4 is 10.1 Å². The Morgan fingerprint density at radius 1 is 1.32 bits per heavy atom. The van der Waals surface area contributed by atoms with Crippen LogP contribution in [0.25, 0.3) is 6.08 Å². The summed E-state index contributed by atoms with van der Waals surface area (Å²) < 4.78 is 9.92. The first-order valence-electron chi connectivity index (χ1n) is 6.48. The highest BCUT2D eigenvalue weighted by Crippen LogP contribution is 2.16. The third kappa shape index (κ3) is 5.06. The van der Waals surface area contributed by atoms with Gasteiger partial charge in [0.2, 0.25) is 0 Å². The highest BCUT2D eigenvalue weighted by Gasteiger charge is 2.06. The maximum Gasteiger partial charge on any atom is 0.331 e. The molecule has 0 bridgehead atoms. The van der Waals surface area contributed by atoms with Crippen LogP contribution in [-0.2, 0) is 14.3 Å². The van der Waals surface area contributed by atoms with Gasteiger partial charge in [0.25, 0.3) is 5.91 Å². The van der Waals surface area contributed by atoms with Crippen molar-refractivity contribution in [2.75, 3.05) is 19.0 Å². The van der Waals surface area contributed by atoms with Crippen LogP contribution >= 0.6 is 11.3 Å². The van der Waals surface area contributed by atoms with Crippen molar-refractivity contribution in [1.29, 1.82) is 0 Å². The third-order valence-corrected chi connectivity index (χ3v) is 3.36. The first-order valence-corrected chi connectivity index (χ1v) is 7.42. The van der Waals surface area contributed by atoms with Crippen molar-refractivity contribution in [2.45, 2.75) is 0 Å². The number of ether oxygens (including phenoxy) is 2. The van der Waals surface area contributed by atoms with Gasteiger partial charge in [0.05, 0.1) is 7.11 Å². The van der Waals surface area contributed by atoms with Crippen molar-refractivity contribution in [3.8, 4) is 5.75 Å². The number of methoxy groups -OCH3 is 1. The molecule has 0 aliphatic carbocycles. The topological polar surface area (TPSA) is 64.6 Å². The Morgan fingerprint density at radius 3 is 2.91 bits per heavy atom. The van der Waals surface area contributed by atoms with Gasteiger partial charge >= 0.3 is 5.97 Å². The van der Waals surface area contributed by atoms with Crippen molar-refractivity contribution >= 4 is 35.0 Å². The minimum atomic E-state index is -0.563. The maximum atomic E-state index is 11.7. The summed E-state index contributed by atoms with van der Waals surface area (Å²) in [5.41, 5.74) is 1.50. The van der Waals surface area contributed by atoms with E-state index in [0.717, 1.165) is 5.56 Å². The van der Waals surface area contributed by atoms with Gasteiger partial charge in [-0.3, -0.25) is 4.79 Å². The predicted octanol–water partition coefficient (Wildman–Crippen LogP) is 2.95. The van der Waals surface area contributed by atoms with Gasteiger partial charge in [-0.1, -0.05) is 6.07 Å². The van der Waals surface area contributed by atoms with Gasteiger partial charge in [-0.2, -0.15) is 11.3 Å². The molecule has 0 unspecified atom stereocenters. The lowest BCUT2D eigenvalue weighted by Crippen LogP contribution is -2.20. The van der Waals surface area contributed by atoms with E-state index in [1.165, 1.54) is 17.4 Å².